The van der Waals surface area contributed by atoms with Gasteiger partial charge < -0.3 is 25.2 Å². The zero-order valence-corrected chi connectivity index (χ0v) is 14.9. The Kier molecular flexibility index (Phi) is 5.60. The van der Waals surface area contributed by atoms with E-state index in [0.29, 0.717) is 44.2 Å². The lowest BCUT2D eigenvalue weighted by Crippen LogP contribution is -2.53. The van der Waals surface area contributed by atoms with E-state index in [2.05, 4.69) is 10.6 Å². The van der Waals surface area contributed by atoms with Gasteiger partial charge in [-0.1, -0.05) is 13.0 Å². The van der Waals surface area contributed by atoms with Crippen LogP contribution in [0.25, 0.3) is 0 Å². The molecule has 0 aromatic heterocycles. The van der Waals surface area contributed by atoms with Crippen LogP contribution in [-0.4, -0.2) is 67.0 Å². The molecule has 4 amide bonds. The van der Waals surface area contributed by atoms with Crippen molar-refractivity contribution in [2.24, 2.45) is 0 Å². The smallest absolute Gasteiger partial charge is 0.317 e. The number of nitrogens with one attached hydrogen (secondary N) is 2. The predicted octanol–water partition coefficient (Wildman–Crippen LogP) is 0.824. The molecule has 2 N–H and O–H groups in total. The molecule has 0 bridgehead atoms. The number of rotatable bonds is 4. The fourth-order valence-electron chi connectivity index (χ4n) is 3.03. The van der Waals surface area contributed by atoms with Crippen molar-refractivity contribution in [3.05, 3.63) is 23.8 Å². The maximum atomic E-state index is 12.5. The fourth-order valence-corrected chi connectivity index (χ4v) is 3.03. The molecule has 2 aliphatic rings. The summed E-state index contributed by atoms with van der Waals surface area (Å²) in [6, 6.07) is 5.32. The van der Waals surface area contributed by atoms with E-state index in [1.54, 1.807) is 21.9 Å². The first-order valence-electron chi connectivity index (χ1n) is 8.93. The van der Waals surface area contributed by atoms with Crippen molar-refractivity contribution >= 4 is 23.5 Å². The normalized spacial score (nSPS) is 16.4. The van der Waals surface area contributed by atoms with Crippen molar-refractivity contribution in [3.63, 3.8) is 0 Å². The van der Waals surface area contributed by atoms with E-state index in [0.717, 1.165) is 12.0 Å². The lowest BCUT2D eigenvalue weighted by Gasteiger charge is -2.34. The van der Waals surface area contributed by atoms with E-state index in [4.69, 9.17) is 4.74 Å². The minimum absolute atomic E-state index is 0.0153. The Morgan fingerprint density at radius 3 is 2.65 bits per heavy atom. The summed E-state index contributed by atoms with van der Waals surface area (Å²) in [5.74, 6) is 0.438. The molecule has 0 aliphatic carbocycles. The molecule has 2 aliphatic heterocycles. The molecular formula is C18H24N4O4. The van der Waals surface area contributed by atoms with Gasteiger partial charge in [0.25, 0.3) is 5.91 Å². The summed E-state index contributed by atoms with van der Waals surface area (Å²) < 4.78 is 5.32. The summed E-state index contributed by atoms with van der Waals surface area (Å²) >= 11 is 0. The van der Waals surface area contributed by atoms with Crippen molar-refractivity contribution in [2.45, 2.75) is 19.8 Å². The number of carbonyl (C=O) groups is 3. The van der Waals surface area contributed by atoms with Crippen LogP contribution in [-0.2, 0) is 16.0 Å². The number of anilines is 1. The first kappa shape index (κ1) is 18.0. The highest BCUT2D eigenvalue weighted by atomic mass is 16.5. The SMILES string of the molecule is CCCNC(=O)N1CCN(C(=O)Cc2ccc3c(c2)NC(=O)CO3)CC1. The van der Waals surface area contributed by atoms with Gasteiger partial charge in [-0.2, -0.15) is 0 Å². The maximum Gasteiger partial charge on any atom is 0.317 e. The van der Waals surface area contributed by atoms with Crippen molar-refractivity contribution in [3.8, 4) is 5.75 Å². The molecule has 8 nitrogen and oxygen atoms in total. The van der Waals surface area contributed by atoms with Gasteiger partial charge in [-0.3, -0.25) is 9.59 Å². The first-order chi connectivity index (χ1) is 12.6. The number of ether oxygens (including phenoxy) is 1. The highest BCUT2D eigenvalue weighted by Gasteiger charge is 2.24. The Hall–Kier alpha value is -2.77. The highest BCUT2D eigenvalue weighted by Crippen LogP contribution is 2.28. The number of carbonyl (C=O) groups excluding carboxylic acids is 3. The molecular weight excluding hydrogens is 336 g/mol. The molecule has 3 rings (SSSR count). The molecule has 1 saturated heterocycles. The topological polar surface area (TPSA) is 91.0 Å². The van der Waals surface area contributed by atoms with Crippen LogP contribution in [0.4, 0.5) is 10.5 Å². The Bertz CT molecular complexity index is 698. The van der Waals surface area contributed by atoms with Crippen molar-refractivity contribution in [1.29, 1.82) is 0 Å². The van der Waals surface area contributed by atoms with Gasteiger partial charge in [0.2, 0.25) is 5.91 Å². The van der Waals surface area contributed by atoms with Gasteiger partial charge in [-0.15, -0.1) is 0 Å². The lowest BCUT2D eigenvalue weighted by molar-refractivity contribution is -0.131. The second-order valence-electron chi connectivity index (χ2n) is 6.44. The molecule has 140 valence electrons. The van der Waals surface area contributed by atoms with Crippen LogP contribution in [0.5, 0.6) is 5.75 Å². The summed E-state index contributed by atoms with van der Waals surface area (Å²) in [5, 5.41) is 5.60. The summed E-state index contributed by atoms with van der Waals surface area (Å²) in [6.07, 6.45) is 1.15. The number of hydrogen-bond donors (Lipinski definition) is 2. The second-order valence-corrected chi connectivity index (χ2v) is 6.44. The second kappa shape index (κ2) is 8.07. The van der Waals surface area contributed by atoms with Crippen LogP contribution < -0.4 is 15.4 Å². The number of nitrogens with zero attached hydrogens (tertiary/aromatic N) is 2. The van der Waals surface area contributed by atoms with Crippen LogP contribution >= 0.6 is 0 Å². The van der Waals surface area contributed by atoms with Crippen LogP contribution in [0, 0.1) is 0 Å². The lowest BCUT2D eigenvalue weighted by atomic mass is 10.1. The minimum atomic E-state index is -0.196. The van der Waals surface area contributed by atoms with Gasteiger partial charge in [0.05, 0.1) is 12.1 Å². The number of benzene rings is 1. The molecule has 26 heavy (non-hydrogen) atoms. The van der Waals surface area contributed by atoms with Gasteiger partial charge in [0, 0.05) is 32.7 Å². The zero-order chi connectivity index (χ0) is 18.5. The quantitative estimate of drug-likeness (QED) is 0.832. The summed E-state index contributed by atoms with van der Waals surface area (Å²) in [5.41, 5.74) is 1.42. The van der Waals surface area contributed by atoms with Gasteiger partial charge in [0.1, 0.15) is 5.75 Å². The van der Waals surface area contributed by atoms with E-state index in [9.17, 15) is 14.4 Å². The highest BCUT2D eigenvalue weighted by molar-refractivity contribution is 5.95. The largest absolute Gasteiger partial charge is 0.482 e. The minimum Gasteiger partial charge on any atom is -0.482 e. The number of amides is 4. The van der Waals surface area contributed by atoms with Gasteiger partial charge in [0.15, 0.2) is 6.61 Å². The van der Waals surface area contributed by atoms with Crippen LogP contribution in [0.3, 0.4) is 0 Å². The molecule has 8 heteroatoms. The van der Waals surface area contributed by atoms with Crippen LogP contribution in [0.1, 0.15) is 18.9 Å². The first-order valence-corrected chi connectivity index (χ1v) is 8.93. The Morgan fingerprint density at radius 1 is 1.19 bits per heavy atom. The van der Waals surface area contributed by atoms with Crippen molar-refractivity contribution in [1.82, 2.24) is 15.1 Å². The standard InChI is InChI=1S/C18H24N4O4/c1-2-5-19-18(25)22-8-6-21(7-9-22)17(24)11-13-3-4-15-14(10-13)20-16(23)12-26-15/h3-4,10H,2,5-9,11-12H2,1H3,(H,19,25)(H,20,23). The Balaban J connectivity index is 1.52. The Morgan fingerprint density at radius 2 is 1.92 bits per heavy atom. The van der Waals surface area contributed by atoms with E-state index in [1.165, 1.54) is 0 Å². The van der Waals surface area contributed by atoms with Crippen molar-refractivity contribution in [2.75, 3.05) is 44.6 Å². The zero-order valence-electron chi connectivity index (χ0n) is 14.9. The molecule has 0 saturated carbocycles. The van der Waals surface area contributed by atoms with E-state index in [-0.39, 0.29) is 30.9 Å². The number of piperazine rings is 1. The van der Waals surface area contributed by atoms with E-state index in [1.807, 2.05) is 13.0 Å². The monoisotopic (exact) mass is 360 g/mol. The molecule has 1 aromatic rings. The number of fused-ring (bicyclic) bond motifs is 1. The van der Waals surface area contributed by atoms with Gasteiger partial charge in [-0.05, 0) is 24.1 Å². The molecule has 0 radical (unpaired) electrons. The third-order valence-electron chi connectivity index (χ3n) is 4.48. The van der Waals surface area contributed by atoms with Crippen LogP contribution in [0.15, 0.2) is 18.2 Å². The molecule has 1 aromatic carbocycles. The molecule has 2 heterocycles. The average Bonchev–Trinajstić information content (AvgIpc) is 2.65. The van der Waals surface area contributed by atoms with Gasteiger partial charge >= 0.3 is 6.03 Å². The number of hydrogen-bond acceptors (Lipinski definition) is 4. The fraction of sp³-hybridized carbons (Fsp3) is 0.500. The summed E-state index contributed by atoms with van der Waals surface area (Å²) in [7, 11) is 0. The average molecular weight is 360 g/mol. The van der Waals surface area contributed by atoms with E-state index >= 15 is 0 Å². The summed E-state index contributed by atoms with van der Waals surface area (Å²) in [4.78, 5) is 39.4. The third-order valence-corrected chi connectivity index (χ3v) is 4.48. The molecule has 1 fully saturated rings. The van der Waals surface area contributed by atoms with Crippen LogP contribution in [0.2, 0.25) is 0 Å². The Labute approximate surface area is 152 Å². The van der Waals surface area contributed by atoms with Gasteiger partial charge in [-0.25, -0.2) is 4.79 Å². The predicted molar refractivity (Wildman–Crippen MR) is 96.1 cm³/mol. The molecule has 0 unspecified atom stereocenters. The summed E-state index contributed by atoms with van der Waals surface area (Å²) in [6.45, 7) is 4.82. The molecule has 0 spiro atoms. The maximum absolute atomic E-state index is 12.5. The third kappa shape index (κ3) is 4.25. The molecule has 0 atom stereocenters. The van der Waals surface area contributed by atoms with E-state index < -0.39 is 0 Å². The number of urea groups is 1. The van der Waals surface area contributed by atoms with Crippen molar-refractivity contribution < 1.29 is 19.1 Å².